The van der Waals surface area contributed by atoms with E-state index in [9.17, 15) is 0 Å². The zero-order valence-corrected chi connectivity index (χ0v) is 10.7. The fraction of sp³-hybridized carbons (Fsp3) is 0.467. The van der Waals surface area contributed by atoms with E-state index in [-0.39, 0.29) is 0 Å². The lowest BCUT2D eigenvalue weighted by Crippen LogP contribution is -2.27. The van der Waals surface area contributed by atoms with Gasteiger partial charge in [0.05, 0.1) is 0 Å². The molecule has 16 heavy (non-hydrogen) atoms. The molecule has 0 atom stereocenters. The summed E-state index contributed by atoms with van der Waals surface area (Å²) in [6.07, 6.45) is 5.54. The van der Waals surface area contributed by atoms with Crippen molar-refractivity contribution in [3.63, 3.8) is 0 Å². The third-order valence-electron chi connectivity index (χ3n) is 3.21. The third-order valence-corrected chi connectivity index (χ3v) is 3.21. The van der Waals surface area contributed by atoms with Gasteiger partial charge in [0.25, 0.3) is 0 Å². The highest BCUT2D eigenvalue weighted by atomic mass is 15.1. The second-order valence-corrected chi connectivity index (χ2v) is 5.13. The summed E-state index contributed by atoms with van der Waals surface area (Å²) in [4.78, 5) is 2.35. The maximum Gasteiger partial charge on any atom is 0.0444 e. The number of fused-ring (bicyclic) bond motifs is 1. The highest BCUT2D eigenvalue weighted by Crippen LogP contribution is 2.30. The van der Waals surface area contributed by atoms with Crippen molar-refractivity contribution in [3.8, 4) is 0 Å². The van der Waals surface area contributed by atoms with Crippen LogP contribution in [0.4, 0.5) is 5.69 Å². The molecule has 1 aromatic carbocycles. The number of rotatable bonds is 2. The molecule has 0 unspecified atom stereocenters. The van der Waals surface area contributed by atoms with Gasteiger partial charge in [0, 0.05) is 17.9 Å². The van der Waals surface area contributed by atoms with Crippen LogP contribution in [0.5, 0.6) is 0 Å². The van der Waals surface area contributed by atoms with Crippen LogP contribution in [0.1, 0.15) is 44.7 Å². The average molecular weight is 215 g/mol. The number of nitrogens with zero attached hydrogens (tertiary/aromatic N) is 1. The van der Waals surface area contributed by atoms with Crippen molar-refractivity contribution in [3.05, 3.63) is 41.6 Å². The van der Waals surface area contributed by atoms with Gasteiger partial charge in [-0.05, 0) is 43.4 Å². The molecule has 1 heterocycles. The number of hydrogen-bond donors (Lipinski definition) is 0. The molecule has 0 N–H and O–H groups in total. The van der Waals surface area contributed by atoms with E-state index in [1.165, 1.54) is 16.8 Å². The Bertz CT molecular complexity index is 402. The molecule has 86 valence electrons. The fourth-order valence-electron chi connectivity index (χ4n) is 2.20. The Hall–Kier alpha value is -1.24. The van der Waals surface area contributed by atoms with Gasteiger partial charge in [-0.3, -0.25) is 0 Å². The summed E-state index contributed by atoms with van der Waals surface area (Å²) in [5.41, 5.74) is 4.28. The highest BCUT2D eigenvalue weighted by molar-refractivity contribution is 5.60. The number of anilines is 1. The van der Waals surface area contributed by atoms with E-state index in [1.54, 1.807) is 0 Å². The summed E-state index contributed by atoms with van der Waals surface area (Å²) in [5, 5.41) is 0. The topological polar surface area (TPSA) is 3.24 Å². The Balaban J connectivity index is 2.40. The fourth-order valence-corrected chi connectivity index (χ4v) is 2.20. The number of allylic oxidation sites excluding steroid dienone is 1. The van der Waals surface area contributed by atoms with Crippen LogP contribution in [0.25, 0.3) is 0 Å². The Morgan fingerprint density at radius 3 is 2.50 bits per heavy atom. The maximum absolute atomic E-state index is 2.36. The zero-order valence-electron chi connectivity index (χ0n) is 10.7. The normalized spacial score (nSPS) is 14.8. The lowest BCUT2D eigenvalue weighted by Gasteiger charge is -2.30. The van der Waals surface area contributed by atoms with Crippen molar-refractivity contribution < 1.29 is 0 Å². The summed E-state index contributed by atoms with van der Waals surface area (Å²) < 4.78 is 0. The Kier molecular flexibility index (Phi) is 3.04. The Morgan fingerprint density at radius 1 is 1.12 bits per heavy atom. The average Bonchev–Trinajstić information content (AvgIpc) is 2.27. The predicted octanol–water partition coefficient (Wildman–Crippen LogP) is 4.09. The minimum atomic E-state index is 0.528. The molecule has 0 bridgehead atoms. The first-order chi connectivity index (χ1) is 7.59. The number of benzene rings is 1. The van der Waals surface area contributed by atoms with Gasteiger partial charge in [0.15, 0.2) is 0 Å². The summed E-state index contributed by atoms with van der Waals surface area (Å²) in [6, 6.07) is 7.42. The molecule has 1 heteroatoms. The maximum atomic E-state index is 2.36. The molecular formula is C15H21N. The molecule has 0 aliphatic carbocycles. The summed E-state index contributed by atoms with van der Waals surface area (Å²) >= 11 is 0. The van der Waals surface area contributed by atoms with Crippen LogP contribution in [0.2, 0.25) is 0 Å². The van der Waals surface area contributed by atoms with Gasteiger partial charge in [-0.1, -0.05) is 32.1 Å². The van der Waals surface area contributed by atoms with Gasteiger partial charge < -0.3 is 4.90 Å². The van der Waals surface area contributed by atoms with Crippen molar-refractivity contribution in [2.45, 2.75) is 46.1 Å². The van der Waals surface area contributed by atoms with E-state index in [2.05, 4.69) is 63.1 Å². The van der Waals surface area contributed by atoms with E-state index in [0.717, 1.165) is 6.42 Å². The van der Waals surface area contributed by atoms with Crippen LogP contribution in [0.15, 0.2) is 30.5 Å². The molecule has 1 aliphatic rings. The quantitative estimate of drug-likeness (QED) is 0.718. The third kappa shape index (κ3) is 1.99. The summed E-state index contributed by atoms with van der Waals surface area (Å²) in [5.74, 6) is 0.615. The number of hydrogen-bond acceptors (Lipinski definition) is 1. The highest BCUT2D eigenvalue weighted by Gasteiger charge is 2.15. The first kappa shape index (κ1) is 11.3. The van der Waals surface area contributed by atoms with Crippen molar-refractivity contribution in [1.29, 1.82) is 0 Å². The van der Waals surface area contributed by atoms with E-state index >= 15 is 0 Å². The largest absolute Gasteiger partial charge is 0.346 e. The van der Waals surface area contributed by atoms with Crippen LogP contribution in [0, 0.1) is 0 Å². The van der Waals surface area contributed by atoms with Gasteiger partial charge >= 0.3 is 0 Å². The second-order valence-electron chi connectivity index (χ2n) is 5.13. The first-order valence-corrected chi connectivity index (χ1v) is 6.17. The lowest BCUT2D eigenvalue weighted by molar-refractivity contribution is 0.768. The molecule has 0 amide bonds. The molecule has 1 nitrogen and oxygen atoms in total. The summed E-state index contributed by atoms with van der Waals surface area (Å²) in [6.45, 7) is 8.97. The minimum Gasteiger partial charge on any atom is -0.346 e. The zero-order chi connectivity index (χ0) is 11.7. The minimum absolute atomic E-state index is 0.528. The molecule has 0 spiro atoms. The molecule has 1 aromatic rings. The van der Waals surface area contributed by atoms with E-state index in [1.807, 2.05) is 0 Å². The lowest BCUT2D eigenvalue weighted by atomic mass is 9.96. The van der Waals surface area contributed by atoms with Crippen LogP contribution >= 0.6 is 0 Å². The van der Waals surface area contributed by atoms with Gasteiger partial charge in [-0.25, -0.2) is 0 Å². The summed E-state index contributed by atoms with van der Waals surface area (Å²) in [7, 11) is 0. The van der Waals surface area contributed by atoms with Gasteiger partial charge in [0.2, 0.25) is 0 Å². The molecule has 2 rings (SSSR count). The predicted molar refractivity (Wildman–Crippen MR) is 71.0 cm³/mol. The molecule has 0 radical (unpaired) electrons. The van der Waals surface area contributed by atoms with Crippen molar-refractivity contribution in [2.24, 2.45) is 0 Å². The Morgan fingerprint density at radius 2 is 1.88 bits per heavy atom. The van der Waals surface area contributed by atoms with Gasteiger partial charge in [-0.2, -0.15) is 0 Å². The van der Waals surface area contributed by atoms with E-state index < -0.39 is 0 Å². The van der Waals surface area contributed by atoms with Crippen molar-refractivity contribution >= 4 is 5.69 Å². The smallest absolute Gasteiger partial charge is 0.0444 e. The monoisotopic (exact) mass is 215 g/mol. The standard InChI is InChI=1S/C15H21N/c1-11(2)13-7-8-15-14(10-13)6-5-9-16(15)12(3)4/h5,7-12H,6H2,1-4H3. The molecule has 0 saturated carbocycles. The van der Waals surface area contributed by atoms with E-state index in [0.29, 0.717) is 12.0 Å². The molecule has 1 aliphatic heterocycles. The SMILES string of the molecule is CC(C)c1ccc2c(c1)CC=CN2C(C)C. The van der Waals surface area contributed by atoms with Gasteiger partial charge in [-0.15, -0.1) is 0 Å². The second kappa shape index (κ2) is 4.32. The van der Waals surface area contributed by atoms with Crippen molar-refractivity contribution in [1.82, 2.24) is 0 Å². The van der Waals surface area contributed by atoms with Crippen LogP contribution in [-0.2, 0) is 6.42 Å². The van der Waals surface area contributed by atoms with Crippen LogP contribution in [0.3, 0.4) is 0 Å². The molecule has 0 saturated heterocycles. The van der Waals surface area contributed by atoms with Crippen molar-refractivity contribution in [2.75, 3.05) is 4.90 Å². The Labute approximate surface area is 98.8 Å². The molecule has 0 fully saturated rings. The molecule has 0 aromatic heterocycles. The van der Waals surface area contributed by atoms with Crippen LogP contribution in [-0.4, -0.2) is 6.04 Å². The molecular weight excluding hydrogens is 194 g/mol. The van der Waals surface area contributed by atoms with Crippen LogP contribution < -0.4 is 4.90 Å². The first-order valence-electron chi connectivity index (χ1n) is 6.17. The van der Waals surface area contributed by atoms with E-state index in [4.69, 9.17) is 0 Å². The van der Waals surface area contributed by atoms with Gasteiger partial charge in [0.1, 0.15) is 0 Å².